The topological polar surface area (TPSA) is 46.0 Å². The van der Waals surface area contributed by atoms with Gasteiger partial charge in [0.2, 0.25) is 0 Å². The quantitative estimate of drug-likeness (QED) is 0.467. The molecule has 0 radical (unpaired) electrons. The van der Waals surface area contributed by atoms with Crippen molar-refractivity contribution in [3.05, 3.63) is 67.2 Å². The van der Waals surface area contributed by atoms with Gasteiger partial charge in [-0.15, -0.1) is 0 Å². The summed E-state index contributed by atoms with van der Waals surface area (Å²) in [6.07, 6.45) is 0. The monoisotopic (exact) mass is 443 g/mol. The van der Waals surface area contributed by atoms with E-state index in [1.165, 1.54) is 14.7 Å². The van der Waals surface area contributed by atoms with E-state index in [0.29, 0.717) is 5.58 Å². The number of oxazole rings is 1. The van der Waals surface area contributed by atoms with Gasteiger partial charge in [0.05, 0.1) is 10.3 Å². The summed E-state index contributed by atoms with van der Waals surface area (Å²) in [6, 6.07) is 12.0. The number of hydrogen-bond acceptors (Lipinski definition) is 2. The van der Waals surface area contributed by atoms with Crippen LogP contribution >= 0.6 is 38.5 Å². The lowest BCUT2D eigenvalue weighted by Gasteiger charge is -2.14. The zero-order valence-corrected chi connectivity index (χ0v) is 14.4. The van der Waals surface area contributed by atoms with Crippen LogP contribution in [0.15, 0.2) is 45.6 Å². The summed E-state index contributed by atoms with van der Waals surface area (Å²) in [5.41, 5.74) is 4.82. The number of H-pyrrole nitrogens is 1. The van der Waals surface area contributed by atoms with Crippen LogP contribution in [-0.2, 0) is 0 Å². The van der Waals surface area contributed by atoms with Crippen molar-refractivity contribution in [2.24, 2.45) is 0 Å². The third-order valence-corrected chi connectivity index (χ3v) is 5.73. The Hall–Kier alpha value is -1.08. The number of alkyl halides is 1. The van der Waals surface area contributed by atoms with Crippen molar-refractivity contribution < 1.29 is 4.42 Å². The number of nitrogens with one attached hydrogen (secondary N) is 1. The number of aromatic nitrogens is 1. The van der Waals surface area contributed by atoms with Gasteiger partial charge in [0, 0.05) is 3.57 Å². The van der Waals surface area contributed by atoms with E-state index in [0.717, 1.165) is 11.1 Å². The molecule has 0 saturated carbocycles. The number of hydrogen-bond donors (Lipinski definition) is 1. The van der Waals surface area contributed by atoms with Gasteiger partial charge < -0.3 is 4.42 Å². The summed E-state index contributed by atoms with van der Waals surface area (Å²) in [5, 5.41) is 0. The summed E-state index contributed by atoms with van der Waals surface area (Å²) in [4.78, 5) is 13.9. The molecular weight excluding hydrogens is 433 g/mol. The third-order valence-electron chi connectivity index (χ3n) is 3.23. The highest BCUT2D eigenvalue weighted by Gasteiger charge is 2.15. The van der Waals surface area contributed by atoms with Crippen LogP contribution in [0, 0.1) is 10.5 Å². The van der Waals surface area contributed by atoms with Gasteiger partial charge in [-0.3, -0.25) is 4.98 Å². The van der Waals surface area contributed by atoms with E-state index >= 15 is 0 Å². The summed E-state index contributed by atoms with van der Waals surface area (Å²) in [6.45, 7) is 2.10. The van der Waals surface area contributed by atoms with Crippen molar-refractivity contribution in [1.29, 1.82) is 0 Å². The van der Waals surface area contributed by atoms with Gasteiger partial charge in [-0.05, 0) is 58.3 Å². The molecule has 0 amide bonds. The van der Waals surface area contributed by atoms with Crippen molar-refractivity contribution in [2.45, 2.75) is 11.8 Å². The van der Waals surface area contributed by atoms with Crippen LogP contribution in [0.5, 0.6) is 0 Å². The van der Waals surface area contributed by atoms with Crippen LogP contribution in [0.1, 0.15) is 21.5 Å². The van der Waals surface area contributed by atoms with Gasteiger partial charge in [-0.25, -0.2) is 4.79 Å². The Bertz CT molecular complexity index is 837. The van der Waals surface area contributed by atoms with Crippen LogP contribution in [0.3, 0.4) is 0 Å². The van der Waals surface area contributed by atoms with Crippen molar-refractivity contribution in [1.82, 2.24) is 4.98 Å². The van der Waals surface area contributed by atoms with Gasteiger partial charge >= 0.3 is 5.76 Å². The van der Waals surface area contributed by atoms with Crippen LogP contribution in [-0.4, -0.2) is 4.98 Å². The molecule has 1 N–H and O–H groups in total. The van der Waals surface area contributed by atoms with Crippen LogP contribution in [0.4, 0.5) is 0 Å². The lowest BCUT2D eigenvalue weighted by Crippen LogP contribution is -1.97. The zero-order chi connectivity index (χ0) is 14.3. The molecule has 0 spiro atoms. The molecule has 1 heterocycles. The number of halogens is 2. The molecule has 3 rings (SSSR count). The molecule has 0 aliphatic heterocycles. The van der Waals surface area contributed by atoms with Crippen molar-refractivity contribution >= 4 is 49.6 Å². The first-order chi connectivity index (χ1) is 9.56. The predicted molar refractivity (Wildman–Crippen MR) is 91.5 cm³/mol. The van der Waals surface area contributed by atoms with Gasteiger partial charge in [-0.2, -0.15) is 0 Å². The van der Waals surface area contributed by atoms with Crippen LogP contribution in [0.2, 0.25) is 0 Å². The highest BCUT2D eigenvalue weighted by atomic mass is 127. The average Bonchev–Trinajstić information content (AvgIpc) is 2.80. The second kappa shape index (κ2) is 5.37. The highest BCUT2D eigenvalue weighted by Crippen LogP contribution is 2.35. The van der Waals surface area contributed by atoms with Crippen molar-refractivity contribution in [3.8, 4) is 0 Å². The predicted octanol–water partition coefficient (Wildman–Crippen LogP) is 4.52. The Kier molecular flexibility index (Phi) is 3.72. The van der Waals surface area contributed by atoms with E-state index in [9.17, 15) is 4.79 Å². The molecule has 2 aromatic carbocycles. The molecule has 3 aromatic rings. The number of benzene rings is 2. The summed E-state index contributed by atoms with van der Waals surface area (Å²) >= 11 is 6.10. The lowest BCUT2D eigenvalue weighted by atomic mass is 10.0. The molecular formula is C15H11BrINO2. The summed E-state index contributed by atoms with van der Waals surface area (Å²) in [5.74, 6) is -0.423. The highest BCUT2D eigenvalue weighted by molar-refractivity contribution is 14.1. The molecule has 5 heteroatoms. The SMILES string of the molecule is Cc1cccc(C(Br)c2ccc3[nH]c(=O)oc3c2)c1I. The van der Waals surface area contributed by atoms with E-state index < -0.39 is 5.76 Å². The molecule has 3 nitrogen and oxygen atoms in total. The Morgan fingerprint density at radius 3 is 2.90 bits per heavy atom. The van der Waals surface area contributed by atoms with Gasteiger partial charge in [0.1, 0.15) is 0 Å². The normalized spacial score (nSPS) is 12.8. The Morgan fingerprint density at radius 1 is 1.30 bits per heavy atom. The molecule has 1 unspecified atom stereocenters. The molecule has 0 saturated heterocycles. The molecule has 1 atom stereocenters. The van der Waals surface area contributed by atoms with Crippen molar-refractivity contribution in [3.63, 3.8) is 0 Å². The largest absolute Gasteiger partial charge is 0.417 e. The third kappa shape index (κ3) is 2.44. The summed E-state index contributed by atoms with van der Waals surface area (Å²) < 4.78 is 6.35. The molecule has 0 aliphatic rings. The minimum absolute atomic E-state index is 0.0684. The van der Waals surface area contributed by atoms with Gasteiger partial charge in [0.15, 0.2) is 5.58 Å². The minimum Gasteiger partial charge on any atom is -0.408 e. The number of aromatic amines is 1. The molecule has 0 fully saturated rings. The van der Waals surface area contributed by atoms with Crippen LogP contribution in [0.25, 0.3) is 11.1 Å². The molecule has 0 aliphatic carbocycles. The number of aryl methyl sites for hydroxylation is 1. The Labute approximate surface area is 137 Å². The van der Waals surface area contributed by atoms with Gasteiger partial charge in [0.25, 0.3) is 0 Å². The number of fused-ring (bicyclic) bond motifs is 1. The van der Waals surface area contributed by atoms with E-state index in [1.54, 1.807) is 0 Å². The lowest BCUT2D eigenvalue weighted by molar-refractivity contribution is 0.555. The fourth-order valence-electron chi connectivity index (χ4n) is 2.17. The minimum atomic E-state index is -0.423. The average molecular weight is 444 g/mol. The maximum Gasteiger partial charge on any atom is 0.417 e. The molecule has 1 aromatic heterocycles. The molecule has 20 heavy (non-hydrogen) atoms. The van der Waals surface area contributed by atoms with E-state index in [1.807, 2.05) is 18.2 Å². The van der Waals surface area contributed by atoms with E-state index in [2.05, 4.69) is 68.6 Å². The molecule has 102 valence electrons. The van der Waals surface area contributed by atoms with Gasteiger partial charge in [-0.1, -0.05) is 40.2 Å². The second-order valence-electron chi connectivity index (χ2n) is 4.61. The zero-order valence-electron chi connectivity index (χ0n) is 10.6. The van der Waals surface area contributed by atoms with Crippen molar-refractivity contribution in [2.75, 3.05) is 0 Å². The first-order valence-corrected chi connectivity index (χ1v) is 8.07. The molecule has 0 bridgehead atoms. The Balaban J connectivity index is 2.09. The fourth-order valence-corrected chi connectivity index (χ4v) is 3.93. The number of rotatable bonds is 2. The van der Waals surface area contributed by atoms with E-state index in [-0.39, 0.29) is 4.83 Å². The first-order valence-electron chi connectivity index (χ1n) is 6.08. The smallest absolute Gasteiger partial charge is 0.408 e. The Morgan fingerprint density at radius 2 is 2.10 bits per heavy atom. The standard InChI is InChI=1S/C15H11BrINO2/c1-8-3-2-4-10(14(8)17)13(16)9-5-6-11-12(7-9)20-15(19)18-11/h2-7,13H,1H3,(H,18,19). The maximum absolute atomic E-state index is 11.2. The summed E-state index contributed by atoms with van der Waals surface area (Å²) in [7, 11) is 0. The second-order valence-corrected chi connectivity index (χ2v) is 6.61. The van der Waals surface area contributed by atoms with E-state index in [4.69, 9.17) is 4.42 Å². The fraction of sp³-hybridized carbons (Fsp3) is 0.133. The maximum atomic E-state index is 11.2. The first kappa shape index (κ1) is 13.9. The van der Waals surface area contributed by atoms with Crippen LogP contribution < -0.4 is 5.76 Å².